The highest BCUT2D eigenvalue weighted by molar-refractivity contribution is 14.1. The van der Waals surface area contributed by atoms with Crippen LogP contribution in [0.1, 0.15) is 35.4 Å². The van der Waals surface area contributed by atoms with Gasteiger partial charge in [-0.15, -0.1) is 0 Å². The van der Waals surface area contributed by atoms with Crippen molar-refractivity contribution >= 4 is 104 Å². The normalized spacial score (nSPS) is 8.97. The van der Waals surface area contributed by atoms with Crippen molar-refractivity contribution in [2.24, 2.45) is 0 Å². The van der Waals surface area contributed by atoms with Crippen molar-refractivity contribution in [1.82, 2.24) is 29.9 Å². The van der Waals surface area contributed by atoms with E-state index in [-0.39, 0.29) is 46.5 Å². The van der Waals surface area contributed by atoms with Gasteiger partial charge in [0.1, 0.15) is 32.8 Å². The van der Waals surface area contributed by atoms with Crippen molar-refractivity contribution in [2.75, 3.05) is 22.9 Å². The monoisotopic (exact) mass is 748 g/mol. The van der Waals surface area contributed by atoms with E-state index in [1.807, 2.05) is 0 Å². The highest BCUT2D eigenvalue weighted by atomic mass is 127. The predicted octanol–water partition coefficient (Wildman–Crippen LogP) is 7.98. The second-order valence-corrected chi connectivity index (χ2v) is 9.87. The number of hydrogen-bond donors (Lipinski definition) is 4. The van der Waals surface area contributed by atoms with Gasteiger partial charge in [0.2, 0.25) is 0 Å². The Kier molecular flexibility index (Phi) is 21.1. The summed E-state index contributed by atoms with van der Waals surface area (Å²) in [5.74, 6) is 1.29. The molecule has 0 spiro atoms. The molecular formula is C23H33Cl4IN10S. The molecule has 4 heterocycles. The Morgan fingerprint density at radius 1 is 0.667 bits per heavy atom. The second-order valence-electron chi connectivity index (χ2n) is 6.15. The molecule has 0 radical (unpaired) electrons. The third-order valence-corrected chi connectivity index (χ3v) is 7.21. The molecule has 0 bridgehead atoms. The summed E-state index contributed by atoms with van der Waals surface area (Å²) in [5, 5.41) is 2.00. The van der Waals surface area contributed by atoms with Crippen LogP contribution in [0.5, 0.6) is 0 Å². The Hall–Kier alpha value is -2.10. The number of nitrogens with zero attached hydrogens (tertiary/aromatic N) is 6. The van der Waals surface area contributed by atoms with Gasteiger partial charge in [-0.2, -0.15) is 0 Å². The van der Waals surface area contributed by atoms with Crippen molar-refractivity contribution in [1.29, 1.82) is 0 Å². The van der Waals surface area contributed by atoms with E-state index in [9.17, 15) is 0 Å². The molecule has 0 aliphatic heterocycles. The highest BCUT2D eigenvalue weighted by Gasteiger charge is 2.10. The van der Waals surface area contributed by atoms with Gasteiger partial charge in [0.25, 0.3) is 0 Å². The number of pyridine rings is 2. The lowest BCUT2D eigenvalue weighted by atomic mass is 10.5. The molecule has 0 saturated heterocycles. The highest BCUT2D eigenvalue weighted by Crippen LogP contribution is 2.36. The van der Waals surface area contributed by atoms with Crippen molar-refractivity contribution in [3.05, 3.63) is 66.5 Å². The average molecular weight is 750 g/mol. The lowest BCUT2D eigenvalue weighted by Crippen LogP contribution is -1.97. The Bertz CT molecular complexity index is 1300. The molecule has 0 aliphatic rings. The Labute approximate surface area is 268 Å². The van der Waals surface area contributed by atoms with Crippen LogP contribution in [0.25, 0.3) is 0 Å². The molecule has 39 heavy (non-hydrogen) atoms. The Morgan fingerprint density at radius 3 is 1.62 bits per heavy atom. The fraction of sp³-hybridized carbons (Fsp3) is 0.217. The molecular weight excluding hydrogens is 717 g/mol. The molecule has 4 rings (SSSR count). The van der Waals surface area contributed by atoms with Gasteiger partial charge in [-0.3, -0.25) is 4.98 Å². The summed E-state index contributed by atoms with van der Waals surface area (Å²) < 4.78 is 0.932. The topological polar surface area (TPSA) is 181 Å². The minimum absolute atomic E-state index is 0. The van der Waals surface area contributed by atoms with E-state index in [0.29, 0.717) is 42.4 Å². The lowest BCUT2D eigenvalue weighted by molar-refractivity contribution is 1.07. The van der Waals surface area contributed by atoms with Crippen molar-refractivity contribution in [3.8, 4) is 0 Å². The lowest BCUT2D eigenvalue weighted by Gasteiger charge is -2.06. The summed E-state index contributed by atoms with van der Waals surface area (Å²) in [4.78, 5) is 23.9. The molecule has 10 nitrogen and oxygen atoms in total. The van der Waals surface area contributed by atoms with Gasteiger partial charge in [-0.25, -0.2) is 24.9 Å². The average Bonchev–Trinajstić information content (AvgIpc) is 2.80. The molecule has 4 aromatic rings. The molecule has 0 aromatic carbocycles. The maximum absolute atomic E-state index is 6.00. The number of aryl methyl sites for hydroxylation is 1. The minimum atomic E-state index is 0. The van der Waals surface area contributed by atoms with Gasteiger partial charge in [-0.05, 0) is 41.6 Å². The first kappa shape index (κ1) is 41.4. The van der Waals surface area contributed by atoms with Crippen molar-refractivity contribution in [3.63, 3.8) is 0 Å². The van der Waals surface area contributed by atoms with Crippen LogP contribution in [0.3, 0.4) is 0 Å². The van der Waals surface area contributed by atoms with Crippen LogP contribution in [0, 0.1) is 10.5 Å². The standard InChI is InChI=1S/C9H7Cl2N5S.C5H4ClIN2.C5H6ClN3.4CH4/c10-5-3-15-9(8(13)16-5)17-4-1-2-14-7(12)6(4)11;6-4-3(7)1-2-9-5(4)8;1-3-5(7)9-4(6)2-8-3;;;;/h1-3H,(H2,12,14)(H2,13,16);1-2H,(H2,8,9);2H,1H3,(H2,7,9);4*1H4. The van der Waals surface area contributed by atoms with E-state index >= 15 is 0 Å². The first-order chi connectivity index (χ1) is 16.5. The largest absolute Gasteiger partial charge is 0.382 e. The van der Waals surface area contributed by atoms with Gasteiger partial charge < -0.3 is 22.9 Å². The van der Waals surface area contributed by atoms with Crippen molar-refractivity contribution in [2.45, 2.75) is 46.6 Å². The van der Waals surface area contributed by atoms with Crippen molar-refractivity contribution < 1.29 is 0 Å². The first-order valence-corrected chi connectivity index (χ1v) is 12.6. The molecule has 0 atom stereocenters. The zero-order valence-electron chi connectivity index (χ0n) is 17.8. The maximum Gasteiger partial charge on any atom is 0.158 e. The van der Waals surface area contributed by atoms with E-state index in [2.05, 4.69) is 52.5 Å². The number of rotatable bonds is 2. The van der Waals surface area contributed by atoms with Crippen LogP contribution in [0.2, 0.25) is 20.4 Å². The van der Waals surface area contributed by atoms with Crippen LogP contribution >= 0.6 is 80.8 Å². The molecule has 0 saturated carbocycles. The van der Waals surface area contributed by atoms with Gasteiger partial charge in [0.15, 0.2) is 5.82 Å². The predicted molar refractivity (Wildman–Crippen MR) is 179 cm³/mol. The summed E-state index contributed by atoms with van der Waals surface area (Å²) in [6.45, 7) is 1.78. The fourth-order valence-corrected chi connectivity index (χ4v) is 3.79. The molecule has 0 amide bonds. The smallest absolute Gasteiger partial charge is 0.158 e. The van der Waals surface area contributed by atoms with Crippen LogP contribution in [0.15, 0.2) is 46.8 Å². The summed E-state index contributed by atoms with van der Waals surface area (Å²) in [5.41, 5.74) is 22.7. The van der Waals surface area contributed by atoms with E-state index in [1.165, 1.54) is 24.2 Å². The molecule has 216 valence electrons. The summed E-state index contributed by atoms with van der Waals surface area (Å²) in [7, 11) is 0. The molecule has 0 unspecified atom stereocenters. The molecule has 0 fully saturated rings. The quantitative estimate of drug-likeness (QED) is 0.146. The summed E-state index contributed by atoms with van der Waals surface area (Å²) in [6, 6.07) is 3.53. The van der Waals surface area contributed by atoms with Gasteiger partial charge in [-0.1, -0.05) is 87.9 Å². The number of halogens is 5. The molecule has 16 heteroatoms. The van der Waals surface area contributed by atoms with Gasteiger partial charge in [0.05, 0.1) is 28.1 Å². The number of anilines is 4. The number of nitrogens with two attached hydrogens (primary N) is 4. The van der Waals surface area contributed by atoms with Gasteiger partial charge >= 0.3 is 0 Å². The van der Waals surface area contributed by atoms with Gasteiger partial charge in [0, 0.05) is 20.9 Å². The Balaban J connectivity index is -0.000000511. The van der Waals surface area contributed by atoms with E-state index in [1.54, 1.807) is 31.5 Å². The SMILES string of the molecule is C.C.C.C.Cc1ncc(Cl)nc1N.Nc1nc(Cl)cnc1Sc1ccnc(N)c1Cl.Nc1nccc(I)c1Cl. The maximum atomic E-state index is 6.00. The number of nitrogen functional groups attached to an aromatic ring is 4. The first-order valence-electron chi connectivity index (χ1n) is 9.15. The third-order valence-electron chi connectivity index (χ3n) is 3.65. The minimum Gasteiger partial charge on any atom is -0.382 e. The van der Waals surface area contributed by atoms with Crippen LogP contribution < -0.4 is 22.9 Å². The van der Waals surface area contributed by atoms with E-state index in [4.69, 9.17) is 69.3 Å². The Morgan fingerprint density at radius 2 is 1.15 bits per heavy atom. The molecule has 4 aromatic heterocycles. The van der Waals surface area contributed by atoms with Crippen LogP contribution in [-0.4, -0.2) is 29.9 Å². The summed E-state index contributed by atoms with van der Waals surface area (Å²) in [6.07, 6.45) is 6.07. The number of aromatic nitrogens is 6. The second kappa shape index (κ2) is 19.9. The third kappa shape index (κ3) is 13.2. The fourth-order valence-electron chi connectivity index (χ4n) is 1.95. The summed E-state index contributed by atoms with van der Waals surface area (Å²) >= 11 is 26.2. The van der Waals surface area contributed by atoms with E-state index < -0.39 is 0 Å². The molecule has 8 N–H and O–H groups in total. The van der Waals surface area contributed by atoms with E-state index in [0.717, 1.165) is 3.57 Å². The van der Waals surface area contributed by atoms with Crippen LogP contribution in [-0.2, 0) is 0 Å². The number of hydrogen-bond acceptors (Lipinski definition) is 11. The zero-order chi connectivity index (χ0) is 26.1. The molecule has 0 aliphatic carbocycles. The van der Waals surface area contributed by atoms with Crippen LogP contribution in [0.4, 0.5) is 23.3 Å². The zero-order valence-corrected chi connectivity index (χ0v) is 23.8.